The van der Waals surface area contributed by atoms with Crippen LogP contribution in [-0.2, 0) is 9.59 Å². The van der Waals surface area contributed by atoms with Gasteiger partial charge in [0.1, 0.15) is 6.04 Å². The first kappa shape index (κ1) is 16.6. The van der Waals surface area contributed by atoms with Crippen LogP contribution in [0, 0.1) is 11.3 Å². The first-order valence-electron chi connectivity index (χ1n) is 7.85. The zero-order valence-corrected chi connectivity index (χ0v) is 13.7. The van der Waals surface area contributed by atoms with Crippen molar-refractivity contribution in [2.45, 2.75) is 51.6 Å². The van der Waals surface area contributed by atoms with Crippen molar-refractivity contribution in [3.8, 4) is 0 Å². The topological polar surface area (TPSA) is 61.4 Å². The van der Waals surface area contributed by atoms with E-state index >= 15 is 0 Å². The molecule has 2 heterocycles. The minimum atomic E-state index is -0.288. The van der Waals surface area contributed by atoms with E-state index in [1.54, 1.807) is 0 Å². The quantitative estimate of drug-likeness (QED) is 0.814. The van der Waals surface area contributed by atoms with Crippen molar-refractivity contribution in [3.63, 3.8) is 0 Å². The van der Waals surface area contributed by atoms with Gasteiger partial charge in [0.15, 0.2) is 0 Å². The Kier molecular flexibility index (Phi) is 4.83. The van der Waals surface area contributed by atoms with Crippen LogP contribution in [0.5, 0.6) is 0 Å². The van der Waals surface area contributed by atoms with Gasteiger partial charge < -0.3 is 15.5 Å². The lowest BCUT2D eigenvalue weighted by Crippen LogP contribution is -2.44. The zero-order chi connectivity index (χ0) is 14.3. The Morgan fingerprint density at radius 1 is 1.38 bits per heavy atom. The van der Waals surface area contributed by atoms with E-state index in [4.69, 9.17) is 0 Å². The lowest BCUT2D eigenvalue weighted by Gasteiger charge is -2.24. The van der Waals surface area contributed by atoms with Crippen LogP contribution in [0.3, 0.4) is 0 Å². The normalized spacial score (nSPS) is 30.4. The fourth-order valence-corrected chi connectivity index (χ4v) is 3.82. The molecule has 0 aromatic rings. The lowest BCUT2D eigenvalue weighted by atomic mass is 9.91. The van der Waals surface area contributed by atoms with Gasteiger partial charge in [-0.1, -0.05) is 0 Å². The van der Waals surface area contributed by atoms with Crippen molar-refractivity contribution in [2.75, 3.05) is 19.6 Å². The Labute approximate surface area is 132 Å². The maximum Gasteiger partial charge on any atom is 0.245 e. The molecule has 0 aromatic heterocycles. The second-order valence-electron chi connectivity index (χ2n) is 6.84. The summed E-state index contributed by atoms with van der Waals surface area (Å²) in [5, 5.41) is 6.34. The number of nitrogens with one attached hydrogen (secondary N) is 2. The molecule has 2 aliphatic heterocycles. The Morgan fingerprint density at radius 2 is 2.05 bits per heavy atom. The highest BCUT2D eigenvalue weighted by Crippen LogP contribution is 2.58. The van der Waals surface area contributed by atoms with E-state index in [9.17, 15) is 9.59 Å². The third-order valence-corrected chi connectivity index (χ3v) is 5.29. The zero-order valence-electron chi connectivity index (χ0n) is 12.9. The summed E-state index contributed by atoms with van der Waals surface area (Å²) in [5.41, 5.74) is 0.245. The monoisotopic (exact) mass is 315 g/mol. The molecule has 120 valence electrons. The molecule has 1 aliphatic carbocycles. The molecule has 21 heavy (non-hydrogen) atoms. The number of hydrogen-bond donors (Lipinski definition) is 2. The smallest absolute Gasteiger partial charge is 0.245 e. The highest BCUT2D eigenvalue weighted by molar-refractivity contribution is 5.91. The van der Waals surface area contributed by atoms with Gasteiger partial charge in [0.2, 0.25) is 11.8 Å². The van der Waals surface area contributed by atoms with Gasteiger partial charge in [-0.2, -0.15) is 0 Å². The number of hydrogen-bond acceptors (Lipinski definition) is 3. The molecule has 2 amide bonds. The molecule has 0 radical (unpaired) electrons. The van der Waals surface area contributed by atoms with E-state index in [1.165, 1.54) is 0 Å². The minimum Gasteiger partial charge on any atom is -0.344 e. The molecule has 1 saturated carbocycles. The average Bonchev–Trinajstić information content (AvgIpc) is 2.98. The van der Waals surface area contributed by atoms with Gasteiger partial charge in [-0.25, -0.2) is 0 Å². The standard InChI is InChI=1S/C15H25N3O2.ClH/c1-10(2)18-8-3-12(14(18)20)17-13(19)11-9-15(11)4-6-16-7-5-15;/h10-12,16H,3-9H2,1-2H3,(H,17,19);1H. The summed E-state index contributed by atoms with van der Waals surface area (Å²) < 4.78 is 0. The van der Waals surface area contributed by atoms with Crippen LogP contribution in [0.1, 0.15) is 39.5 Å². The van der Waals surface area contributed by atoms with Crippen LogP contribution in [-0.4, -0.2) is 48.4 Å². The number of piperidine rings is 1. The molecule has 0 bridgehead atoms. The number of carbonyl (C=O) groups excluding carboxylic acids is 2. The van der Waals surface area contributed by atoms with Gasteiger partial charge >= 0.3 is 0 Å². The van der Waals surface area contributed by atoms with Crippen molar-refractivity contribution in [3.05, 3.63) is 0 Å². The largest absolute Gasteiger partial charge is 0.344 e. The number of likely N-dealkylation sites (tertiary alicyclic amines) is 1. The van der Waals surface area contributed by atoms with Gasteiger partial charge in [-0.15, -0.1) is 12.4 Å². The number of nitrogens with zero attached hydrogens (tertiary/aromatic N) is 1. The molecule has 3 aliphatic rings. The molecule has 3 fully saturated rings. The van der Waals surface area contributed by atoms with Gasteiger partial charge in [0.25, 0.3) is 0 Å². The van der Waals surface area contributed by atoms with E-state index in [1.807, 2.05) is 18.7 Å². The second-order valence-corrected chi connectivity index (χ2v) is 6.84. The van der Waals surface area contributed by atoms with Crippen LogP contribution >= 0.6 is 12.4 Å². The van der Waals surface area contributed by atoms with Gasteiger partial charge in [-0.05, 0) is 58.0 Å². The fourth-order valence-electron chi connectivity index (χ4n) is 3.82. The van der Waals surface area contributed by atoms with Crippen molar-refractivity contribution in [1.29, 1.82) is 0 Å². The minimum absolute atomic E-state index is 0. The maximum absolute atomic E-state index is 12.4. The summed E-state index contributed by atoms with van der Waals surface area (Å²) >= 11 is 0. The van der Waals surface area contributed by atoms with Crippen molar-refractivity contribution < 1.29 is 9.59 Å². The molecule has 2 atom stereocenters. The van der Waals surface area contributed by atoms with E-state index in [2.05, 4.69) is 10.6 Å². The fraction of sp³-hybridized carbons (Fsp3) is 0.867. The molecular formula is C15H26ClN3O2. The summed E-state index contributed by atoms with van der Waals surface area (Å²) in [4.78, 5) is 26.4. The number of halogens is 1. The van der Waals surface area contributed by atoms with Crippen LogP contribution in [0.15, 0.2) is 0 Å². The molecular weight excluding hydrogens is 290 g/mol. The number of rotatable bonds is 3. The third-order valence-electron chi connectivity index (χ3n) is 5.29. The SMILES string of the molecule is CC(C)N1CCC(NC(=O)C2CC23CCNCC3)C1=O.Cl. The molecule has 1 spiro atoms. The van der Waals surface area contributed by atoms with Gasteiger partial charge in [0.05, 0.1) is 0 Å². The van der Waals surface area contributed by atoms with Crippen LogP contribution in [0.4, 0.5) is 0 Å². The Hall–Kier alpha value is -0.810. The summed E-state index contributed by atoms with van der Waals surface area (Å²) in [7, 11) is 0. The van der Waals surface area contributed by atoms with Crippen LogP contribution < -0.4 is 10.6 Å². The van der Waals surface area contributed by atoms with Gasteiger partial charge in [-0.3, -0.25) is 9.59 Å². The van der Waals surface area contributed by atoms with Gasteiger partial charge in [0, 0.05) is 18.5 Å². The summed E-state index contributed by atoms with van der Waals surface area (Å²) in [6, 6.07) is -0.0645. The first-order chi connectivity index (χ1) is 9.53. The molecule has 5 nitrogen and oxygen atoms in total. The van der Waals surface area contributed by atoms with E-state index in [0.717, 1.165) is 45.3 Å². The van der Waals surface area contributed by atoms with Crippen LogP contribution in [0.25, 0.3) is 0 Å². The van der Waals surface area contributed by atoms with Crippen molar-refractivity contribution >= 4 is 24.2 Å². The Morgan fingerprint density at radius 3 is 2.62 bits per heavy atom. The molecule has 2 unspecified atom stereocenters. The molecule has 2 N–H and O–H groups in total. The van der Waals surface area contributed by atoms with Crippen LogP contribution in [0.2, 0.25) is 0 Å². The predicted octanol–water partition coefficient (Wildman–Crippen LogP) is 0.923. The highest BCUT2D eigenvalue weighted by atomic mass is 35.5. The molecule has 3 rings (SSSR count). The summed E-state index contributed by atoms with van der Waals surface area (Å²) in [5.74, 6) is 0.342. The predicted molar refractivity (Wildman–Crippen MR) is 83.3 cm³/mol. The second kappa shape index (κ2) is 6.13. The average molecular weight is 316 g/mol. The van der Waals surface area contributed by atoms with E-state index in [-0.39, 0.29) is 47.6 Å². The van der Waals surface area contributed by atoms with Crippen molar-refractivity contribution in [1.82, 2.24) is 15.5 Å². The van der Waals surface area contributed by atoms with Crippen molar-refractivity contribution in [2.24, 2.45) is 11.3 Å². The molecule has 0 aromatic carbocycles. The molecule has 6 heteroatoms. The summed E-state index contributed by atoms with van der Waals surface area (Å²) in [6.45, 7) is 6.85. The third kappa shape index (κ3) is 3.04. The molecule has 2 saturated heterocycles. The Balaban J connectivity index is 0.00000161. The first-order valence-corrected chi connectivity index (χ1v) is 7.85. The highest BCUT2D eigenvalue weighted by Gasteiger charge is 2.58. The van der Waals surface area contributed by atoms with E-state index in [0.29, 0.717) is 0 Å². The van der Waals surface area contributed by atoms with E-state index < -0.39 is 0 Å². The Bertz CT molecular complexity index is 421. The lowest BCUT2D eigenvalue weighted by molar-refractivity contribution is -0.134. The summed E-state index contributed by atoms with van der Waals surface area (Å²) in [6.07, 6.45) is 3.96. The number of amides is 2. The number of carbonyl (C=O) groups is 2. The maximum atomic E-state index is 12.4.